The Morgan fingerprint density at radius 3 is 2.26 bits per heavy atom. The molecule has 0 aliphatic carbocycles. The summed E-state index contributed by atoms with van der Waals surface area (Å²) in [5, 5.41) is 5.94. The van der Waals surface area contributed by atoms with Crippen LogP contribution in [0.4, 0.5) is 0 Å². The van der Waals surface area contributed by atoms with Crippen molar-refractivity contribution in [2.24, 2.45) is 0 Å². The Balaban J connectivity index is 0. The summed E-state index contributed by atoms with van der Waals surface area (Å²) in [5.41, 5.74) is 0. The predicted molar refractivity (Wildman–Crippen MR) is 80.1 cm³/mol. The van der Waals surface area contributed by atoms with Gasteiger partial charge in [-0.2, -0.15) is 0 Å². The normalized spacial score (nSPS) is 16.6. The SMILES string of the molecule is CC(NC(=O)CN1CCNCC1)C(=O)N(C)C.Cl.Cl. The molecule has 1 aliphatic rings. The summed E-state index contributed by atoms with van der Waals surface area (Å²) in [4.78, 5) is 26.8. The molecule has 0 bridgehead atoms. The van der Waals surface area contributed by atoms with E-state index in [1.54, 1.807) is 21.0 Å². The van der Waals surface area contributed by atoms with Gasteiger partial charge in [-0.1, -0.05) is 0 Å². The molecule has 2 N–H and O–H groups in total. The maximum Gasteiger partial charge on any atom is 0.244 e. The molecule has 2 amide bonds. The largest absolute Gasteiger partial charge is 0.347 e. The van der Waals surface area contributed by atoms with Gasteiger partial charge in [0, 0.05) is 40.3 Å². The zero-order valence-electron chi connectivity index (χ0n) is 11.6. The minimum absolute atomic E-state index is 0. The molecule has 0 aromatic rings. The van der Waals surface area contributed by atoms with Gasteiger partial charge in [-0.05, 0) is 6.92 Å². The van der Waals surface area contributed by atoms with E-state index in [4.69, 9.17) is 0 Å². The van der Waals surface area contributed by atoms with Gasteiger partial charge >= 0.3 is 0 Å². The van der Waals surface area contributed by atoms with E-state index in [0.29, 0.717) is 6.54 Å². The lowest BCUT2D eigenvalue weighted by Gasteiger charge is -2.27. The molecule has 1 rings (SSSR count). The summed E-state index contributed by atoms with van der Waals surface area (Å²) >= 11 is 0. The molecule has 1 heterocycles. The quantitative estimate of drug-likeness (QED) is 0.722. The third-order valence-electron chi connectivity index (χ3n) is 2.77. The second-order valence-electron chi connectivity index (χ2n) is 4.55. The second-order valence-corrected chi connectivity index (χ2v) is 4.55. The van der Waals surface area contributed by atoms with Crippen LogP contribution in [-0.4, -0.2) is 74.5 Å². The summed E-state index contributed by atoms with van der Waals surface area (Å²) in [6.07, 6.45) is 0. The fraction of sp³-hybridized carbons (Fsp3) is 0.818. The third-order valence-corrected chi connectivity index (χ3v) is 2.77. The molecule has 6 nitrogen and oxygen atoms in total. The van der Waals surface area contributed by atoms with Crippen LogP contribution in [0.2, 0.25) is 0 Å². The van der Waals surface area contributed by atoms with Crippen molar-refractivity contribution < 1.29 is 9.59 Å². The van der Waals surface area contributed by atoms with Crippen LogP contribution < -0.4 is 10.6 Å². The number of amides is 2. The third kappa shape index (κ3) is 7.57. The zero-order chi connectivity index (χ0) is 12.8. The van der Waals surface area contributed by atoms with Crippen LogP contribution in [0, 0.1) is 0 Å². The van der Waals surface area contributed by atoms with Crippen LogP contribution >= 0.6 is 24.8 Å². The molecule has 114 valence electrons. The number of halogens is 2. The molecule has 1 unspecified atom stereocenters. The molecular weight excluding hydrogens is 291 g/mol. The highest BCUT2D eigenvalue weighted by Gasteiger charge is 2.19. The minimum Gasteiger partial charge on any atom is -0.347 e. The first-order chi connectivity index (χ1) is 8.00. The number of piperazine rings is 1. The lowest BCUT2D eigenvalue weighted by molar-refractivity contribution is -0.134. The van der Waals surface area contributed by atoms with E-state index in [1.165, 1.54) is 4.90 Å². The molecule has 0 radical (unpaired) electrons. The van der Waals surface area contributed by atoms with Crippen LogP contribution in [0.3, 0.4) is 0 Å². The molecule has 1 atom stereocenters. The van der Waals surface area contributed by atoms with Gasteiger partial charge in [-0.3, -0.25) is 14.5 Å². The molecule has 19 heavy (non-hydrogen) atoms. The maximum absolute atomic E-state index is 11.7. The Bertz CT molecular complexity index is 284. The van der Waals surface area contributed by atoms with Crippen LogP contribution in [-0.2, 0) is 9.59 Å². The van der Waals surface area contributed by atoms with Crippen molar-refractivity contribution in [2.75, 3.05) is 46.8 Å². The van der Waals surface area contributed by atoms with Gasteiger partial charge in [0.2, 0.25) is 11.8 Å². The number of likely N-dealkylation sites (N-methyl/N-ethyl adjacent to an activating group) is 1. The lowest BCUT2D eigenvalue weighted by Crippen LogP contribution is -2.51. The predicted octanol–water partition coefficient (Wildman–Crippen LogP) is -0.672. The van der Waals surface area contributed by atoms with Crippen molar-refractivity contribution in [3.63, 3.8) is 0 Å². The topological polar surface area (TPSA) is 64.7 Å². The van der Waals surface area contributed by atoms with Crippen molar-refractivity contribution in [1.29, 1.82) is 0 Å². The van der Waals surface area contributed by atoms with Crippen molar-refractivity contribution in [3.8, 4) is 0 Å². The molecule has 1 saturated heterocycles. The van der Waals surface area contributed by atoms with Crippen LogP contribution in [0.25, 0.3) is 0 Å². The van der Waals surface area contributed by atoms with E-state index >= 15 is 0 Å². The maximum atomic E-state index is 11.7. The summed E-state index contributed by atoms with van der Waals surface area (Å²) < 4.78 is 0. The monoisotopic (exact) mass is 314 g/mol. The molecule has 0 saturated carbocycles. The molecule has 8 heteroatoms. The Hall–Kier alpha value is -0.560. The van der Waals surface area contributed by atoms with Gasteiger partial charge in [0.05, 0.1) is 6.54 Å². The van der Waals surface area contributed by atoms with Crippen molar-refractivity contribution in [1.82, 2.24) is 20.4 Å². The van der Waals surface area contributed by atoms with Gasteiger partial charge in [0.1, 0.15) is 6.04 Å². The number of nitrogens with zero attached hydrogens (tertiary/aromatic N) is 2. The first kappa shape index (κ1) is 20.8. The van der Waals surface area contributed by atoms with E-state index in [1.807, 2.05) is 0 Å². The highest BCUT2D eigenvalue weighted by atomic mass is 35.5. The molecule has 0 aromatic heterocycles. The van der Waals surface area contributed by atoms with E-state index in [9.17, 15) is 9.59 Å². The zero-order valence-corrected chi connectivity index (χ0v) is 13.3. The molecule has 0 aromatic carbocycles. The summed E-state index contributed by atoms with van der Waals surface area (Å²) in [6, 6.07) is -0.458. The Kier molecular flexibility index (Phi) is 11.2. The summed E-state index contributed by atoms with van der Waals surface area (Å²) in [6.45, 7) is 5.66. The number of hydrogen-bond donors (Lipinski definition) is 2. The van der Waals surface area contributed by atoms with Crippen LogP contribution in [0.15, 0.2) is 0 Å². The van der Waals surface area contributed by atoms with Crippen LogP contribution in [0.1, 0.15) is 6.92 Å². The summed E-state index contributed by atoms with van der Waals surface area (Å²) in [5.74, 6) is -0.173. The highest BCUT2D eigenvalue weighted by molar-refractivity contribution is 5.87. The van der Waals surface area contributed by atoms with Gasteiger partial charge in [-0.15, -0.1) is 24.8 Å². The van der Waals surface area contributed by atoms with Crippen molar-refractivity contribution in [2.45, 2.75) is 13.0 Å². The fourth-order valence-corrected chi connectivity index (χ4v) is 1.81. The minimum atomic E-state index is -0.458. The standard InChI is InChI=1S/C11H22N4O2.2ClH/c1-9(11(17)14(2)3)13-10(16)8-15-6-4-12-5-7-15;;/h9,12H,4-8H2,1-3H3,(H,13,16);2*1H. The van der Waals surface area contributed by atoms with Gasteiger partial charge < -0.3 is 15.5 Å². The second kappa shape index (κ2) is 10.3. The Morgan fingerprint density at radius 2 is 1.79 bits per heavy atom. The van der Waals surface area contributed by atoms with E-state index in [2.05, 4.69) is 15.5 Å². The Morgan fingerprint density at radius 1 is 1.26 bits per heavy atom. The highest BCUT2D eigenvalue weighted by Crippen LogP contribution is 1.93. The van der Waals surface area contributed by atoms with Gasteiger partial charge in [-0.25, -0.2) is 0 Å². The average molecular weight is 315 g/mol. The smallest absolute Gasteiger partial charge is 0.244 e. The number of carbonyl (C=O) groups excluding carboxylic acids is 2. The number of rotatable bonds is 4. The van der Waals surface area contributed by atoms with Crippen LogP contribution in [0.5, 0.6) is 0 Å². The van der Waals surface area contributed by atoms with Gasteiger partial charge in [0.15, 0.2) is 0 Å². The van der Waals surface area contributed by atoms with Crippen molar-refractivity contribution in [3.05, 3.63) is 0 Å². The van der Waals surface area contributed by atoms with E-state index < -0.39 is 6.04 Å². The fourth-order valence-electron chi connectivity index (χ4n) is 1.81. The number of nitrogens with one attached hydrogen (secondary N) is 2. The van der Waals surface area contributed by atoms with E-state index in [-0.39, 0.29) is 36.6 Å². The summed E-state index contributed by atoms with van der Waals surface area (Å²) in [7, 11) is 3.36. The molecule has 1 aliphatic heterocycles. The van der Waals surface area contributed by atoms with E-state index in [0.717, 1.165) is 26.2 Å². The molecule has 0 spiro atoms. The lowest BCUT2D eigenvalue weighted by atomic mass is 10.3. The number of carbonyl (C=O) groups is 2. The first-order valence-electron chi connectivity index (χ1n) is 5.94. The van der Waals surface area contributed by atoms with Gasteiger partial charge in [0.25, 0.3) is 0 Å². The molecular formula is C11H24Cl2N4O2. The number of hydrogen-bond acceptors (Lipinski definition) is 4. The van der Waals surface area contributed by atoms with Crippen molar-refractivity contribution >= 4 is 36.6 Å². The first-order valence-corrected chi connectivity index (χ1v) is 5.94. The Labute approximate surface area is 127 Å². The molecule has 1 fully saturated rings. The average Bonchev–Trinajstić information content (AvgIpc) is 2.28.